The van der Waals surface area contributed by atoms with Gasteiger partial charge in [-0.15, -0.1) is 0 Å². The van der Waals surface area contributed by atoms with Crippen molar-refractivity contribution in [3.8, 4) is 0 Å². The molecule has 0 atom stereocenters. The Morgan fingerprint density at radius 3 is 2.75 bits per heavy atom. The van der Waals surface area contributed by atoms with E-state index in [-0.39, 0.29) is 11.6 Å². The number of hydrogen-bond acceptors (Lipinski definition) is 4. The van der Waals surface area contributed by atoms with E-state index in [0.29, 0.717) is 21.4 Å². The molecule has 2 aromatic rings. The number of ether oxygens (including phenoxy) is 1. The molecular weight excluding hydrogens is 301 g/mol. The lowest BCUT2D eigenvalue weighted by molar-refractivity contribution is -0.129. The fourth-order valence-corrected chi connectivity index (χ4v) is 2.18. The molecule has 0 saturated carbocycles. The Kier molecular flexibility index (Phi) is 3.34. The lowest BCUT2D eigenvalue weighted by atomic mass is 10.2. The van der Waals surface area contributed by atoms with Crippen molar-refractivity contribution in [1.82, 2.24) is 0 Å². The monoisotopic (exact) mass is 307 g/mol. The maximum atomic E-state index is 11.7. The van der Waals surface area contributed by atoms with E-state index in [0.717, 1.165) is 0 Å². The van der Waals surface area contributed by atoms with Gasteiger partial charge < -0.3 is 9.15 Å². The number of hydrogen-bond donors (Lipinski definition) is 0. The van der Waals surface area contributed by atoms with Crippen LogP contribution in [-0.4, -0.2) is 11.9 Å². The van der Waals surface area contributed by atoms with Gasteiger partial charge >= 0.3 is 5.97 Å². The summed E-state index contributed by atoms with van der Waals surface area (Å²) in [5.74, 6) is 0.112. The molecule has 1 aliphatic rings. The number of rotatable bonds is 2. The second-order valence-corrected chi connectivity index (χ2v) is 4.82. The van der Waals surface area contributed by atoms with Crippen LogP contribution < -0.4 is 0 Å². The minimum absolute atomic E-state index is 0.148. The number of carbonyl (C=O) groups excluding carboxylic acids is 1. The molecule has 0 fully saturated rings. The third-order valence-corrected chi connectivity index (χ3v) is 3.15. The van der Waals surface area contributed by atoms with Gasteiger partial charge in [-0.1, -0.05) is 23.2 Å². The van der Waals surface area contributed by atoms with Crippen LogP contribution in [0, 0.1) is 0 Å². The fourth-order valence-electron chi connectivity index (χ4n) is 1.70. The molecular formula is C14H7Cl2NO3. The predicted octanol–water partition coefficient (Wildman–Crippen LogP) is 3.93. The Morgan fingerprint density at radius 1 is 1.20 bits per heavy atom. The molecule has 0 radical (unpaired) electrons. The van der Waals surface area contributed by atoms with E-state index in [1.165, 1.54) is 12.3 Å². The maximum absolute atomic E-state index is 11.7. The lowest BCUT2D eigenvalue weighted by Gasteiger charge is -2.02. The van der Waals surface area contributed by atoms with Crippen molar-refractivity contribution < 1.29 is 13.9 Å². The van der Waals surface area contributed by atoms with Gasteiger partial charge in [0.25, 0.3) is 0 Å². The Labute approximate surface area is 124 Å². The third-order valence-electron chi connectivity index (χ3n) is 2.60. The smallest absolute Gasteiger partial charge is 0.363 e. The van der Waals surface area contributed by atoms with Gasteiger partial charge in [0.2, 0.25) is 5.90 Å². The number of nitrogens with zero attached hydrogens (tertiary/aromatic N) is 1. The highest BCUT2D eigenvalue weighted by Crippen LogP contribution is 2.26. The molecule has 6 heteroatoms. The third kappa shape index (κ3) is 2.48. The van der Waals surface area contributed by atoms with E-state index in [9.17, 15) is 4.79 Å². The van der Waals surface area contributed by atoms with E-state index in [2.05, 4.69) is 4.99 Å². The lowest BCUT2D eigenvalue weighted by Crippen LogP contribution is -2.05. The summed E-state index contributed by atoms with van der Waals surface area (Å²) in [6, 6.07) is 8.28. The van der Waals surface area contributed by atoms with E-state index in [1.807, 2.05) is 0 Å². The van der Waals surface area contributed by atoms with Crippen LogP contribution in [0.1, 0.15) is 11.3 Å². The number of benzene rings is 1. The Hall–Kier alpha value is -2.04. The van der Waals surface area contributed by atoms with E-state index >= 15 is 0 Å². The Bertz CT molecular complexity index is 733. The summed E-state index contributed by atoms with van der Waals surface area (Å²) >= 11 is 11.9. The van der Waals surface area contributed by atoms with Crippen LogP contribution >= 0.6 is 23.2 Å². The zero-order valence-corrected chi connectivity index (χ0v) is 11.5. The highest BCUT2D eigenvalue weighted by atomic mass is 35.5. The molecule has 0 spiro atoms. The summed E-state index contributed by atoms with van der Waals surface area (Å²) in [4.78, 5) is 15.9. The molecule has 20 heavy (non-hydrogen) atoms. The second-order valence-electron chi connectivity index (χ2n) is 3.98. The summed E-state index contributed by atoms with van der Waals surface area (Å²) in [6.45, 7) is 0. The topological polar surface area (TPSA) is 51.8 Å². The second kappa shape index (κ2) is 5.15. The van der Waals surface area contributed by atoms with Crippen LogP contribution in [0.15, 0.2) is 51.7 Å². The van der Waals surface area contributed by atoms with Crippen molar-refractivity contribution in [2.24, 2.45) is 4.99 Å². The zero-order valence-electron chi connectivity index (χ0n) is 9.97. The summed E-state index contributed by atoms with van der Waals surface area (Å²) in [6.07, 6.45) is 3.01. The molecule has 0 saturated heterocycles. The normalized spacial score (nSPS) is 16.4. The molecule has 0 N–H and O–H groups in total. The summed E-state index contributed by atoms with van der Waals surface area (Å²) in [7, 11) is 0. The molecule has 1 aromatic heterocycles. The summed E-state index contributed by atoms with van der Waals surface area (Å²) in [5, 5.41) is 0.860. The van der Waals surface area contributed by atoms with E-state index in [1.54, 1.807) is 30.3 Å². The van der Waals surface area contributed by atoms with Crippen molar-refractivity contribution in [2.45, 2.75) is 0 Å². The summed E-state index contributed by atoms with van der Waals surface area (Å²) in [5.41, 5.74) is 0.660. The van der Waals surface area contributed by atoms with Crippen molar-refractivity contribution >= 4 is 41.1 Å². The van der Waals surface area contributed by atoms with Gasteiger partial charge in [-0.3, -0.25) is 0 Å². The molecule has 3 rings (SSSR count). The molecule has 0 aliphatic carbocycles. The molecule has 0 amide bonds. The van der Waals surface area contributed by atoms with Crippen LogP contribution in [0.25, 0.3) is 6.08 Å². The first-order chi connectivity index (χ1) is 9.63. The molecule has 2 heterocycles. The van der Waals surface area contributed by atoms with Gasteiger partial charge in [0.15, 0.2) is 5.70 Å². The zero-order chi connectivity index (χ0) is 14.1. The number of esters is 1. The standard InChI is InChI=1S/C14H7Cl2NO3/c15-8-3-4-10(11(16)6-8)13-17-12(14(18)20-13)7-9-2-1-5-19-9/h1-7H/b12-7-. The first-order valence-corrected chi connectivity index (χ1v) is 6.40. The molecule has 1 aliphatic heterocycles. The van der Waals surface area contributed by atoms with Crippen molar-refractivity contribution in [3.63, 3.8) is 0 Å². The van der Waals surface area contributed by atoms with Crippen molar-refractivity contribution in [1.29, 1.82) is 0 Å². The molecule has 1 aromatic carbocycles. The Balaban J connectivity index is 1.98. The predicted molar refractivity (Wildman–Crippen MR) is 75.8 cm³/mol. The van der Waals surface area contributed by atoms with Gasteiger partial charge in [-0.2, -0.15) is 0 Å². The number of cyclic esters (lactones) is 1. The van der Waals surface area contributed by atoms with Gasteiger partial charge in [0.1, 0.15) is 5.76 Å². The van der Waals surface area contributed by atoms with Crippen LogP contribution in [0.4, 0.5) is 0 Å². The van der Waals surface area contributed by atoms with Crippen LogP contribution in [-0.2, 0) is 9.53 Å². The summed E-state index contributed by atoms with van der Waals surface area (Å²) < 4.78 is 10.2. The largest absolute Gasteiger partial charge is 0.465 e. The SMILES string of the molecule is O=C1OC(c2ccc(Cl)cc2Cl)=N/C1=C\c1ccco1. The van der Waals surface area contributed by atoms with Crippen molar-refractivity contribution in [3.05, 3.63) is 63.7 Å². The Morgan fingerprint density at radius 2 is 2.05 bits per heavy atom. The van der Waals surface area contributed by atoms with Gasteiger partial charge in [0, 0.05) is 11.1 Å². The average molecular weight is 308 g/mol. The molecule has 4 nitrogen and oxygen atoms in total. The maximum Gasteiger partial charge on any atom is 0.363 e. The van der Waals surface area contributed by atoms with Gasteiger partial charge in [-0.05, 0) is 30.3 Å². The number of furan rings is 1. The highest BCUT2D eigenvalue weighted by molar-refractivity contribution is 6.37. The first kappa shape index (κ1) is 13.0. The number of halogens is 2. The quantitative estimate of drug-likeness (QED) is 0.624. The van der Waals surface area contributed by atoms with Crippen LogP contribution in [0.3, 0.4) is 0 Å². The van der Waals surface area contributed by atoms with Crippen LogP contribution in [0.2, 0.25) is 10.0 Å². The van der Waals surface area contributed by atoms with Crippen LogP contribution in [0.5, 0.6) is 0 Å². The van der Waals surface area contributed by atoms with Gasteiger partial charge in [-0.25, -0.2) is 9.79 Å². The van der Waals surface area contributed by atoms with E-state index < -0.39 is 5.97 Å². The minimum atomic E-state index is -0.553. The molecule has 0 unspecified atom stereocenters. The fraction of sp³-hybridized carbons (Fsp3) is 0. The average Bonchev–Trinajstić information content (AvgIpc) is 3.01. The highest BCUT2D eigenvalue weighted by Gasteiger charge is 2.25. The van der Waals surface area contributed by atoms with Gasteiger partial charge in [0.05, 0.1) is 16.8 Å². The van der Waals surface area contributed by atoms with Crippen molar-refractivity contribution in [2.75, 3.05) is 0 Å². The number of carbonyl (C=O) groups is 1. The minimum Gasteiger partial charge on any atom is -0.465 e. The number of aliphatic imine (C=N–C) groups is 1. The molecule has 0 bridgehead atoms. The van der Waals surface area contributed by atoms with E-state index in [4.69, 9.17) is 32.4 Å². The first-order valence-electron chi connectivity index (χ1n) is 5.65. The molecule has 100 valence electrons.